The zero-order valence-electron chi connectivity index (χ0n) is 14.0. The summed E-state index contributed by atoms with van der Waals surface area (Å²) in [6.45, 7) is 0.413. The Morgan fingerprint density at radius 1 is 1.23 bits per heavy atom. The fraction of sp³-hybridized carbons (Fsp3) is 0.222. The maximum absolute atomic E-state index is 12.6. The normalized spacial score (nSPS) is 17.2. The molecule has 3 rings (SSSR count). The molecule has 0 radical (unpaired) electrons. The first-order valence-electron chi connectivity index (χ1n) is 7.92. The number of methoxy groups -OCH3 is 1. The van der Waals surface area contributed by atoms with E-state index in [1.807, 2.05) is 6.07 Å². The minimum Gasteiger partial charge on any atom is -0.497 e. The number of nitrogens with one attached hydrogen (secondary N) is 1. The Bertz CT molecular complexity index is 965. The molecule has 134 valence electrons. The highest BCUT2D eigenvalue weighted by Crippen LogP contribution is 2.25. The van der Waals surface area contributed by atoms with Crippen LogP contribution in [0.3, 0.4) is 0 Å². The molecule has 26 heavy (non-hydrogen) atoms. The lowest BCUT2D eigenvalue weighted by Crippen LogP contribution is -2.41. The van der Waals surface area contributed by atoms with Gasteiger partial charge in [-0.25, -0.2) is 8.42 Å². The number of sulfonamides is 1. The molecule has 0 saturated carbocycles. The Balaban J connectivity index is 1.76. The monoisotopic (exact) mass is 371 g/mol. The largest absolute Gasteiger partial charge is 0.497 e. The Hall–Kier alpha value is -2.89. The molecule has 1 atom stereocenters. The third-order valence-electron chi connectivity index (χ3n) is 4.16. The first kappa shape index (κ1) is 17.9. The molecule has 1 fully saturated rings. The summed E-state index contributed by atoms with van der Waals surface area (Å²) in [4.78, 5) is 14.1. The number of nitrogens with zero attached hydrogens (tertiary/aromatic N) is 2. The van der Waals surface area contributed by atoms with Gasteiger partial charge in [0.2, 0.25) is 15.9 Å². The Morgan fingerprint density at radius 2 is 1.96 bits per heavy atom. The fourth-order valence-electron chi connectivity index (χ4n) is 2.80. The van der Waals surface area contributed by atoms with Gasteiger partial charge in [0, 0.05) is 12.2 Å². The van der Waals surface area contributed by atoms with Crippen molar-refractivity contribution in [2.45, 2.75) is 17.4 Å². The summed E-state index contributed by atoms with van der Waals surface area (Å²) in [5.41, 5.74) is 0.925. The van der Waals surface area contributed by atoms with Crippen LogP contribution >= 0.6 is 0 Å². The summed E-state index contributed by atoms with van der Waals surface area (Å²) in [6.07, 6.45) is 0.363. The minimum atomic E-state index is -3.89. The molecule has 7 nitrogen and oxygen atoms in total. The van der Waals surface area contributed by atoms with Crippen LogP contribution in [-0.4, -0.2) is 34.0 Å². The van der Waals surface area contributed by atoms with Crippen molar-refractivity contribution in [2.24, 2.45) is 0 Å². The molecule has 0 aromatic heterocycles. The molecule has 2 aromatic carbocycles. The van der Waals surface area contributed by atoms with E-state index in [0.29, 0.717) is 24.4 Å². The van der Waals surface area contributed by atoms with Crippen molar-refractivity contribution in [1.82, 2.24) is 4.72 Å². The number of hydrogen-bond donors (Lipinski definition) is 1. The van der Waals surface area contributed by atoms with Gasteiger partial charge >= 0.3 is 0 Å². The van der Waals surface area contributed by atoms with Crippen molar-refractivity contribution in [3.8, 4) is 11.8 Å². The van der Waals surface area contributed by atoms with Crippen LogP contribution in [-0.2, 0) is 14.8 Å². The van der Waals surface area contributed by atoms with Gasteiger partial charge in [0.1, 0.15) is 11.8 Å². The van der Waals surface area contributed by atoms with Gasteiger partial charge in [-0.3, -0.25) is 4.79 Å². The van der Waals surface area contributed by atoms with Crippen LogP contribution in [0.4, 0.5) is 5.69 Å². The molecule has 1 aliphatic rings. The van der Waals surface area contributed by atoms with Gasteiger partial charge < -0.3 is 9.64 Å². The van der Waals surface area contributed by atoms with Crippen molar-refractivity contribution in [2.75, 3.05) is 18.6 Å². The molecule has 1 amide bonds. The molecule has 2 aromatic rings. The first-order valence-corrected chi connectivity index (χ1v) is 9.41. The Morgan fingerprint density at radius 3 is 2.62 bits per heavy atom. The smallest absolute Gasteiger partial charge is 0.245 e. The molecule has 1 heterocycles. The molecule has 0 spiro atoms. The van der Waals surface area contributed by atoms with Crippen molar-refractivity contribution in [3.63, 3.8) is 0 Å². The van der Waals surface area contributed by atoms with E-state index in [2.05, 4.69) is 4.72 Å². The molecular weight excluding hydrogens is 354 g/mol. The van der Waals surface area contributed by atoms with E-state index in [1.165, 1.54) is 24.3 Å². The van der Waals surface area contributed by atoms with E-state index in [0.717, 1.165) is 0 Å². The molecule has 0 aliphatic carbocycles. The lowest BCUT2D eigenvalue weighted by atomic mass is 10.2. The summed E-state index contributed by atoms with van der Waals surface area (Å²) in [5, 5.41) is 8.92. The summed E-state index contributed by atoms with van der Waals surface area (Å²) >= 11 is 0. The van der Waals surface area contributed by atoms with Gasteiger partial charge in [0.15, 0.2) is 0 Å². The van der Waals surface area contributed by atoms with Gasteiger partial charge in [-0.05, 0) is 48.9 Å². The third-order valence-corrected chi connectivity index (χ3v) is 5.63. The number of ether oxygens (including phenoxy) is 1. The number of nitriles is 1. The number of hydrogen-bond acceptors (Lipinski definition) is 5. The average Bonchev–Trinajstić information content (AvgIpc) is 3.01. The maximum Gasteiger partial charge on any atom is 0.245 e. The van der Waals surface area contributed by atoms with Crippen LogP contribution in [0, 0.1) is 11.3 Å². The third kappa shape index (κ3) is 3.54. The van der Waals surface area contributed by atoms with Gasteiger partial charge in [-0.2, -0.15) is 9.98 Å². The molecule has 1 saturated heterocycles. The number of amides is 1. The SMILES string of the molecule is COc1ccc(N2CCC(NS(=O)(=O)c3cccc(C#N)c3)C2=O)cc1. The van der Waals surface area contributed by atoms with Crippen LogP contribution < -0.4 is 14.4 Å². The fourth-order valence-corrected chi connectivity index (χ4v) is 4.07. The van der Waals surface area contributed by atoms with E-state index >= 15 is 0 Å². The van der Waals surface area contributed by atoms with Crippen molar-refractivity contribution >= 4 is 21.6 Å². The molecule has 8 heteroatoms. The summed E-state index contributed by atoms with van der Waals surface area (Å²) < 4.78 is 32.6. The highest BCUT2D eigenvalue weighted by Gasteiger charge is 2.35. The number of anilines is 1. The molecule has 1 aliphatic heterocycles. The van der Waals surface area contributed by atoms with Crippen LogP contribution in [0.25, 0.3) is 0 Å². The van der Waals surface area contributed by atoms with Gasteiger partial charge in [-0.15, -0.1) is 0 Å². The van der Waals surface area contributed by atoms with Crippen LogP contribution in [0.2, 0.25) is 0 Å². The number of benzene rings is 2. The van der Waals surface area contributed by atoms with Gasteiger partial charge in [0.05, 0.1) is 23.6 Å². The van der Waals surface area contributed by atoms with Crippen molar-refractivity contribution in [3.05, 3.63) is 54.1 Å². The van der Waals surface area contributed by atoms with E-state index < -0.39 is 16.1 Å². The second kappa shape index (κ2) is 7.15. The Kier molecular flexibility index (Phi) is 4.93. The first-order chi connectivity index (χ1) is 12.4. The van der Waals surface area contributed by atoms with Crippen LogP contribution in [0.5, 0.6) is 5.75 Å². The number of carbonyl (C=O) groups is 1. The van der Waals surface area contributed by atoms with Gasteiger partial charge in [0.25, 0.3) is 0 Å². The van der Waals surface area contributed by atoms with E-state index in [1.54, 1.807) is 36.3 Å². The maximum atomic E-state index is 12.6. The zero-order chi connectivity index (χ0) is 18.7. The molecule has 1 N–H and O–H groups in total. The topological polar surface area (TPSA) is 99.5 Å². The van der Waals surface area contributed by atoms with E-state index in [9.17, 15) is 13.2 Å². The Labute approximate surface area is 151 Å². The average molecular weight is 371 g/mol. The number of rotatable bonds is 5. The number of carbonyl (C=O) groups excluding carboxylic acids is 1. The molecular formula is C18H17N3O4S. The predicted molar refractivity (Wildman–Crippen MR) is 95.2 cm³/mol. The molecule has 1 unspecified atom stereocenters. The van der Waals surface area contributed by atoms with Crippen molar-refractivity contribution in [1.29, 1.82) is 5.26 Å². The summed E-state index contributed by atoms with van der Waals surface area (Å²) in [6, 6.07) is 13.7. The van der Waals surface area contributed by atoms with E-state index in [-0.39, 0.29) is 16.4 Å². The second-order valence-electron chi connectivity index (χ2n) is 5.79. The summed E-state index contributed by atoms with van der Waals surface area (Å²) in [7, 11) is -2.34. The highest BCUT2D eigenvalue weighted by atomic mass is 32.2. The highest BCUT2D eigenvalue weighted by molar-refractivity contribution is 7.89. The van der Waals surface area contributed by atoms with Crippen molar-refractivity contribution < 1.29 is 17.9 Å². The zero-order valence-corrected chi connectivity index (χ0v) is 14.9. The predicted octanol–water partition coefficient (Wildman–Crippen LogP) is 1.65. The van der Waals surface area contributed by atoms with Crippen LogP contribution in [0.1, 0.15) is 12.0 Å². The standard InChI is InChI=1S/C18H17N3O4S/c1-25-15-7-5-14(6-8-15)21-10-9-17(18(21)22)20-26(23,24)16-4-2-3-13(11-16)12-19/h2-8,11,17,20H,9-10H2,1H3. The second-order valence-corrected chi connectivity index (χ2v) is 7.50. The molecule has 0 bridgehead atoms. The van der Waals surface area contributed by atoms with E-state index in [4.69, 9.17) is 10.00 Å². The quantitative estimate of drug-likeness (QED) is 0.861. The lowest BCUT2D eigenvalue weighted by Gasteiger charge is -2.17. The van der Waals surface area contributed by atoms with Gasteiger partial charge in [-0.1, -0.05) is 6.07 Å². The minimum absolute atomic E-state index is 0.0350. The van der Waals surface area contributed by atoms with Crippen LogP contribution in [0.15, 0.2) is 53.4 Å². The lowest BCUT2D eigenvalue weighted by molar-refractivity contribution is -0.118. The summed E-state index contributed by atoms with van der Waals surface area (Å²) in [5.74, 6) is 0.366.